The van der Waals surface area contributed by atoms with Crippen LogP contribution in [-0.2, 0) is 0 Å². The van der Waals surface area contributed by atoms with Crippen LogP contribution in [0.4, 0.5) is 0 Å². The van der Waals surface area contributed by atoms with E-state index in [0.717, 1.165) is 0 Å². The SMILES string of the molecule is O=C1C2=C(C(=O)c3ccccc31)C1=NC=CSC1C=C2. The van der Waals surface area contributed by atoms with Gasteiger partial charge in [0.15, 0.2) is 11.6 Å². The Labute approximate surface area is 119 Å². The molecule has 0 spiro atoms. The summed E-state index contributed by atoms with van der Waals surface area (Å²) in [7, 11) is 0. The van der Waals surface area contributed by atoms with Gasteiger partial charge in [-0.15, -0.1) is 11.8 Å². The molecule has 1 aliphatic heterocycles. The zero-order chi connectivity index (χ0) is 13.7. The predicted molar refractivity (Wildman–Crippen MR) is 79.2 cm³/mol. The van der Waals surface area contributed by atoms with E-state index in [1.807, 2.05) is 11.5 Å². The number of carbonyl (C=O) groups is 2. The van der Waals surface area contributed by atoms with E-state index in [-0.39, 0.29) is 16.8 Å². The van der Waals surface area contributed by atoms with Gasteiger partial charge in [0.05, 0.1) is 16.5 Å². The monoisotopic (exact) mass is 279 g/mol. The number of thioether (sulfide) groups is 1. The van der Waals surface area contributed by atoms with Gasteiger partial charge in [-0.1, -0.05) is 36.4 Å². The fourth-order valence-corrected chi connectivity index (χ4v) is 3.48. The van der Waals surface area contributed by atoms with Crippen LogP contribution < -0.4 is 0 Å². The van der Waals surface area contributed by atoms with E-state index in [1.54, 1.807) is 48.3 Å². The van der Waals surface area contributed by atoms with Crippen LogP contribution in [0.1, 0.15) is 20.7 Å². The Morgan fingerprint density at radius 3 is 2.60 bits per heavy atom. The largest absolute Gasteiger partial charge is 0.289 e. The Hall–Kier alpha value is -2.20. The van der Waals surface area contributed by atoms with E-state index in [4.69, 9.17) is 0 Å². The molecule has 1 heterocycles. The predicted octanol–water partition coefficient (Wildman–Crippen LogP) is 2.96. The second kappa shape index (κ2) is 4.15. The minimum atomic E-state index is -0.0980. The number of Topliss-reactive ketones (excluding diaryl/α,β-unsaturated/α-hetero) is 2. The lowest BCUT2D eigenvalue weighted by Gasteiger charge is -2.27. The molecule has 0 aromatic heterocycles. The van der Waals surface area contributed by atoms with Gasteiger partial charge in [0.2, 0.25) is 0 Å². The van der Waals surface area contributed by atoms with Crippen molar-refractivity contribution in [3.8, 4) is 0 Å². The van der Waals surface area contributed by atoms with Crippen molar-refractivity contribution in [2.75, 3.05) is 0 Å². The van der Waals surface area contributed by atoms with Crippen LogP contribution in [0.3, 0.4) is 0 Å². The Morgan fingerprint density at radius 1 is 1.05 bits per heavy atom. The smallest absolute Gasteiger partial charge is 0.196 e. The summed E-state index contributed by atoms with van der Waals surface area (Å²) in [6.07, 6.45) is 5.38. The number of rotatable bonds is 0. The first-order valence-corrected chi connectivity index (χ1v) is 7.21. The van der Waals surface area contributed by atoms with Gasteiger partial charge in [-0.25, -0.2) is 0 Å². The number of hydrogen-bond donors (Lipinski definition) is 0. The van der Waals surface area contributed by atoms with Crippen LogP contribution in [0, 0.1) is 0 Å². The van der Waals surface area contributed by atoms with Gasteiger partial charge in [0, 0.05) is 22.9 Å². The molecule has 0 saturated heterocycles. The lowest BCUT2D eigenvalue weighted by molar-refractivity contribution is 0.0982. The van der Waals surface area contributed by atoms with E-state index in [1.165, 1.54) is 0 Å². The molecule has 0 fully saturated rings. The number of nitrogens with zero attached hydrogens (tertiary/aromatic N) is 1. The summed E-state index contributed by atoms with van der Waals surface area (Å²) in [5.74, 6) is -0.189. The number of ketones is 2. The molecular weight excluding hydrogens is 270 g/mol. The Balaban J connectivity index is 1.98. The summed E-state index contributed by atoms with van der Waals surface area (Å²) in [6, 6.07) is 6.97. The van der Waals surface area contributed by atoms with Crippen LogP contribution in [-0.4, -0.2) is 22.5 Å². The maximum absolute atomic E-state index is 12.7. The molecule has 1 unspecified atom stereocenters. The quantitative estimate of drug-likeness (QED) is 0.733. The molecule has 4 heteroatoms. The normalized spacial score (nSPS) is 23.2. The van der Waals surface area contributed by atoms with Gasteiger partial charge >= 0.3 is 0 Å². The molecule has 20 heavy (non-hydrogen) atoms. The number of allylic oxidation sites excluding steroid dienone is 3. The standard InChI is InChI=1S/C16H9NO2S/c18-15-9-3-1-2-4-10(9)16(19)13-11(15)5-6-12-14(13)17-7-8-20-12/h1-8,12H. The summed E-state index contributed by atoms with van der Waals surface area (Å²) in [4.78, 5) is 29.5. The first kappa shape index (κ1) is 11.6. The summed E-state index contributed by atoms with van der Waals surface area (Å²) in [5.41, 5.74) is 2.60. The average Bonchev–Trinajstić information content (AvgIpc) is 2.51. The third-order valence-electron chi connectivity index (χ3n) is 3.62. The summed E-state index contributed by atoms with van der Waals surface area (Å²) < 4.78 is 0. The van der Waals surface area contributed by atoms with Crippen LogP contribution in [0.25, 0.3) is 0 Å². The van der Waals surface area contributed by atoms with Crippen LogP contribution in [0.2, 0.25) is 0 Å². The average molecular weight is 279 g/mol. The molecule has 0 amide bonds. The van der Waals surface area contributed by atoms with E-state index >= 15 is 0 Å². The van der Waals surface area contributed by atoms with Crippen LogP contribution in [0.15, 0.2) is 64.2 Å². The minimum absolute atomic E-state index is 0.0285. The van der Waals surface area contributed by atoms with Crippen molar-refractivity contribution < 1.29 is 9.59 Å². The van der Waals surface area contributed by atoms with Gasteiger partial charge in [-0.2, -0.15) is 0 Å². The van der Waals surface area contributed by atoms with Crippen molar-refractivity contribution in [3.63, 3.8) is 0 Å². The van der Waals surface area contributed by atoms with Gasteiger partial charge in [-0.05, 0) is 5.41 Å². The molecule has 0 saturated carbocycles. The number of aliphatic imine (C=N–C) groups is 1. The molecule has 0 radical (unpaired) electrons. The third kappa shape index (κ3) is 1.45. The fourth-order valence-electron chi connectivity index (χ4n) is 2.70. The van der Waals surface area contributed by atoms with Crippen LogP contribution >= 0.6 is 11.8 Å². The Bertz CT molecular complexity index is 783. The Kier molecular flexibility index (Phi) is 2.41. The van der Waals surface area contributed by atoms with Crippen molar-refractivity contribution in [1.82, 2.24) is 0 Å². The molecule has 4 rings (SSSR count). The number of hydrogen-bond acceptors (Lipinski definition) is 4. The maximum Gasteiger partial charge on any atom is 0.196 e. The van der Waals surface area contributed by atoms with Gasteiger partial charge in [0.25, 0.3) is 0 Å². The first-order valence-electron chi connectivity index (χ1n) is 6.27. The van der Waals surface area contributed by atoms with Gasteiger partial charge < -0.3 is 0 Å². The molecule has 3 aliphatic rings. The highest BCUT2D eigenvalue weighted by atomic mass is 32.2. The highest BCUT2D eigenvalue weighted by Crippen LogP contribution is 2.35. The van der Waals surface area contributed by atoms with E-state index in [2.05, 4.69) is 4.99 Å². The maximum atomic E-state index is 12.7. The van der Waals surface area contributed by atoms with E-state index in [9.17, 15) is 9.59 Å². The Morgan fingerprint density at radius 2 is 1.80 bits per heavy atom. The first-order chi connectivity index (χ1) is 9.77. The highest BCUT2D eigenvalue weighted by molar-refractivity contribution is 8.03. The highest BCUT2D eigenvalue weighted by Gasteiger charge is 2.37. The number of fused-ring (bicyclic) bond motifs is 3. The fraction of sp³-hybridized carbons (Fsp3) is 0.0625. The topological polar surface area (TPSA) is 46.5 Å². The third-order valence-corrected chi connectivity index (χ3v) is 4.57. The molecular formula is C16H9NO2S. The number of carbonyl (C=O) groups excluding carboxylic acids is 2. The lowest BCUT2D eigenvalue weighted by Crippen LogP contribution is -2.33. The van der Waals surface area contributed by atoms with E-state index < -0.39 is 0 Å². The molecule has 0 bridgehead atoms. The van der Waals surface area contributed by atoms with Crippen molar-refractivity contribution in [3.05, 3.63) is 70.3 Å². The summed E-state index contributed by atoms with van der Waals surface area (Å²) >= 11 is 1.59. The number of benzene rings is 1. The van der Waals surface area contributed by atoms with Crippen molar-refractivity contribution in [2.24, 2.45) is 4.99 Å². The van der Waals surface area contributed by atoms with E-state index in [0.29, 0.717) is 28.0 Å². The lowest BCUT2D eigenvalue weighted by atomic mass is 9.79. The minimum Gasteiger partial charge on any atom is -0.289 e. The molecule has 1 aromatic carbocycles. The summed E-state index contributed by atoms with van der Waals surface area (Å²) in [5, 5.41) is 1.92. The molecule has 96 valence electrons. The zero-order valence-electron chi connectivity index (χ0n) is 10.4. The van der Waals surface area contributed by atoms with Gasteiger partial charge in [0.1, 0.15) is 0 Å². The molecule has 3 nitrogen and oxygen atoms in total. The molecule has 2 aliphatic carbocycles. The van der Waals surface area contributed by atoms with Crippen molar-refractivity contribution in [1.29, 1.82) is 0 Å². The molecule has 0 N–H and O–H groups in total. The molecule has 1 atom stereocenters. The second-order valence-electron chi connectivity index (χ2n) is 4.71. The summed E-state index contributed by atoms with van der Waals surface area (Å²) in [6.45, 7) is 0. The van der Waals surface area contributed by atoms with Crippen molar-refractivity contribution in [2.45, 2.75) is 5.25 Å². The zero-order valence-corrected chi connectivity index (χ0v) is 11.2. The molecule has 1 aromatic rings. The second-order valence-corrected chi connectivity index (χ2v) is 5.76. The van der Waals surface area contributed by atoms with Crippen molar-refractivity contribution >= 4 is 29.0 Å². The van der Waals surface area contributed by atoms with Gasteiger partial charge in [-0.3, -0.25) is 14.6 Å². The van der Waals surface area contributed by atoms with Crippen LogP contribution in [0.5, 0.6) is 0 Å².